The van der Waals surface area contributed by atoms with Gasteiger partial charge in [0, 0.05) is 10.8 Å². The molecule has 0 atom stereocenters. The lowest BCUT2D eigenvalue weighted by atomic mass is 9.80. The second-order valence-corrected chi connectivity index (χ2v) is 22.8. The highest BCUT2D eigenvalue weighted by molar-refractivity contribution is 6.39. The third-order valence-corrected chi connectivity index (χ3v) is 18.0. The summed E-state index contributed by atoms with van der Waals surface area (Å²) in [5.74, 6) is 0. The van der Waals surface area contributed by atoms with Crippen LogP contribution in [-0.2, 0) is 10.8 Å². The molecule has 2 aliphatic carbocycles. The van der Waals surface area contributed by atoms with E-state index in [2.05, 4.69) is 270 Å². The lowest BCUT2D eigenvalue weighted by Crippen LogP contribution is -2.15. The molecule has 0 fully saturated rings. The van der Waals surface area contributed by atoms with Crippen LogP contribution in [-0.4, -0.2) is 0 Å². The average Bonchev–Trinajstić information content (AvgIpc) is 4.00. The summed E-state index contributed by atoms with van der Waals surface area (Å²) in [4.78, 5) is 0. The molecule has 0 unspecified atom stereocenters. The second kappa shape index (κ2) is 15.7. The molecule has 0 saturated carbocycles. The fourth-order valence-electron chi connectivity index (χ4n) is 14.0. The summed E-state index contributed by atoms with van der Waals surface area (Å²) in [5.41, 5.74) is 20.6. The van der Waals surface area contributed by atoms with E-state index in [1.165, 1.54) is 164 Å². The fourth-order valence-corrected chi connectivity index (χ4v) is 14.0. The highest BCUT2D eigenvalue weighted by atomic mass is 14.4. The molecule has 76 heavy (non-hydrogen) atoms. The minimum Gasteiger partial charge on any atom is -0.0616 e. The van der Waals surface area contributed by atoms with Gasteiger partial charge in [-0.25, -0.2) is 0 Å². The molecule has 2 aliphatic rings. The first kappa shape index (κ1) is 43.3. The first-order chi connectivity index (χ1) is 37.2. The molecule has 0 spiro atoms. The van der Waals surface area contributed by atoms with E-state index >= 15 is 0 Å². The number of hydrogen-bond donors (Lipinski definition) is 0. The molecule has 0 nitrogen and oxygen atoms in total. The molecule has 0 bridgehead atoms. The maximum absolute atomic E-state index is 2.49. The normalized spacial score (nSPS) is 14.0. The SMILES string of the molecule is CC1(C)c2cc(-c3ccc4ccccc4c3)ccc2-c2ccc(-c3ccc4c5ccccc5c5c6cc(-c7ccc8c(c7)C(C)(C)c7cc(-c9ccc%10ccccc%10c9)ccc7-8)ccc6c6ccccc6c5c4c3)cc21. The van der Waals surface area contributed by atoms with Crippen molar-refractivity contribution in [3.8, 4) is 66.8 Å². The van der Waals surface area contributed by atoms with E-state index in [9.17, 15) is 0 Å². The third-order valence-electron chi connectivity index (χ3n) is 18.0. The quantitative estimate of drug-likeness (QED) is 0.154. The van der Waals surface area contributed by atoms with Crippen molar-refractivity contribution in [1.82, 2.24) is 0 Å². The van der Waals surface area contributed by atoms with Crippen molar-refractivity contribution in [3.63, 3.8) is 0 Å². The molecule has 0 saturated heterocycles. The van der Waals surface area contributed by atoms with Crippen LogP contribution in [0.15, 0.2) is 243 Å². The predicted octanol–water partition coefficient (Wildman–Crippen LogP) is 21.0. The van der Waals surface area contributed by atoms with E-state index in [1.54, 1.807) is 0 Å². The Morgan fingerprint density at radius 2 is 0.461 bits per heavy atom. The van der Waals surface area contributed by atoms with E-state index in [0.717, 1.165) is 0 Å². The largest absolute Gasteiger partial charge is 0.0616 e. The molecule has 0 heterocycles. The zero-order valence-corrected chi connectivity index (χ0v) is 43.1. The van der Waals surface area contributed by atoms with Crippen LogP contribution in [0.1, 0.15) is 49.9 Å². The predicted molar refractivity (Wildman–Crippen MR) is 326 cm³/mol. The van der Waals surface area contributed by atoms with Crippen LogP contribution in [0.5, 0.6) is 0 Å². The Bertz CT molecular complexity index is 4560. The van der Waals surface area contributed by atoms with Crippen LogP contribution >= 0.6 is 0 Å². The van der Waals surface area contributed by atoms with Gasteiger partial charge in [0.05, 0.1) is 0 Å². The Morgan fingerprint density at radius 3 is 0.829 bits per heavy atom. The van der Waals surface area contributed by atoms with Crippen molar-refractivity contribution in [2.24, 2.45) is 0 Å². The summed E-state index contributed by atoms with van der Waals surface area (Å²) in [6.45, 7) is 9.62. The van der Waals surface area contributed by atoms with Gasteiger partial charge in [-0.2, -0.15) is 0 Å². The van der Waals surface area contributed by atoms with Crippen molar-refractivity contribution in [1.29, 1.82) is 0 Å². The van der Waals surface area contributed by atoms with Crippen molar-refractivity contribution >= 4 is 75.4 Å². The molecule has 0 aliphatic heterocycles. The lowest BCUT2D eigenvalue weighted by molar-refractivity contribution is 0.660. The molecule has 14 aromatic rings. The van der Waals surface area contributed by atoms with Gasteiger partial charge in [0.25, 0.3) is 0 Å². The van der Waals surface area contributed by atoms with E-state index in [1.807, 2.05) is 0 Å². The number of rotatable bonds is 4. The van der Waals surface area contributed by atoms with Gasteiger partial charge in [0.15, 0.2) is 0 Å². The summed E-state index contributed by atoms with van der Waals surface area (Å²) < 4.78 is 0. The van der Waals surface area contributed by atoms with Gasteiger partial charge in [-0.3, -0.25) is 0 Å². The molecule has 0 N–H and O–H groups in total. The summed E-state index contributed by atoms with van der Waals surface area (Å²) in [6, 6.07) is 92.3. The Hall–Kier alpha value is -9.10. The monoisotopic (exact) mass is 964 g/mol. The lowest BCUT2D eigenvalue weighted by Gasteiger charge is -2.23. The molecular weight excluding hydrogens is 913 g/mol. The van der Waals surface area contributed by atoms with Crippen molar-refractivity contribution in [2.45, 2.75) is 38.5 Å². The van der Waals surface area contributed by atoms with Crippen LogP contribution in [0.4, 0.5) is 0 Å². The Morgan fingerprint density at radius 1 is 0.197 bits per heavy atom. The zero-order valence-electron chi connectivity index (χ0n) is 43.1. The maximum Gasteiger partial charge on any atom is 0.0159 e. The minimum atomic E-state index is -0.166. The third kappa shape index (κ3) is 6.19. The summed E-state index contributed by atoms with van der Waals surface area (Å²) in [5, 5.41) is 18.0. The first-order valence-electron chi connectivity index (χ1n) is 27.0. The van der Waals surface area contributed by atoms with Crippen molar-refractivity contribution < 1.29 is 0 Å². The topological polar surface area (TPSA) is 0 Å². The van der Waals surface area contributed by atoms with Gasteiger partial charge in [0.2, 0.25) is 0 Å². The van der Waals surface area contributed by atoms with Crippen LogP contribution < -0.4 is 0 Å². The molecule has 0 heteroatoms. The van der Waals surface area contributed by atoms with E-state index < -0.39 is 0 Å². The average molecular weight is 965 g/mol. The molecular formula is C76H52. The van der Waals surface area contributed by atoms with Gasteiger partial charge in [-0.15, -0.1) is 0 Å². The summed E-state index contributed by atoms with van der Waals surface area (Å²) >= 11 is 0. The minimum absolute atomic E-state index is 0.166. The van der Waals surface area contributed by atoms with E-state index in [0.29, 0.717) is 0 Å². The molecule has 0 amide bonds. The van der Waals surface area contributed by atoms with Crippen LogP contribution in [0.2, 0.25) is 0 Å². The van der Waals surface area contributed by atoms with Crippen LogP contribution in [0.25, 0.3) is 142 Å². The van der Waals surface area contributed by atoms with Gasteiger partial charge in [-0.1, -0.05) is 222 Å². The summed E-state index contributed by atoms with van der Waals surface area (Å²) in [7, 11) is 0. The van der Waals surface area contributed by atoms with Gasteiger partial charge < -0.3 is 0 Å². The molecule has 14 aromatic carbocycles. The molecule has 356 valence electrons. The van der Waals surface area contributed by atoms with Crippen LogP contribution in [0.3, 0.4) is 0 Å². The number of hydrogen-bond acceptors (Lipinski definition) is 0. The first-order valence-corrected chi connectivity index (χ1v) is 27.0. The Balaban J connectivity index is 0.826. The number of fused-ring (bicyclic) bond motifs is 19. The fraction of sp³-hybridized carbons (Fsp3) is 0.0789. The van der Waals surface area contributed by atoms with E-state index in [4.69, 9.17) is 0 Å². The standard InChI is InChI=1S/C76H52/c1-75(2)69-41-53(49-23-21-45-13-5-7-15-47(45)37-49)27-33-61(69)63-35-29-55(43-71(63)75)51-25-31-59-57-17-9-12-20-66(57)74-68-40-52(26-32-60(68)58-18-10-11-19-65(58)73(74)67(59)39-51)56-30-36-64-62-34-28-54(42-70(62)76(3,4)72(64)44-56)50-24-22-46-14-6-8-16-48(46)38-50/h5-44H,1-4H3. The van der Waals surface area contributed by atoms with Crippen molar-refractivity contribution in [3.05, 3.63) is 265 Å². The van der Waals surface area contributed by atoms with Gasteiger partial charge in [0.1, 0.15) is 0 Å². The number of benzene rings is 14. The van der Waals surface area contributed by atoms with Gasteiger partial charge in [-0.05, 0) is 213 Å². The smallest absolute Gasteiger partial charge is 0.0159 e. The Labute approximate surface area is 443 Å². The second-order valence-electron chi connectivity index (χ2n) is 22.8. The highest BCUT2D eigenvalue weighted by Gasteiger charge is 2.37. The molecule has 0 radical (unpaired) electrons. The molecule has 16 rings (SSSR count). The van der Waals surface area contributed by atoms with Crippen molar-refractivity contribution in [2.75, 3.05) is 0 Å². The maximum atomic E-state index is 2.49. The molecule has 0 aromatic heterocycles. The zero-order chi connectivity index (χ0) is 50.6. The highest BCUT2D eigenvalue weighted by Crippen LogP contribution is 2.54. The van der Waals surface area contributed by atoms with E-state index in [-0.39, 0.29) is 10.8 Å². The summed E-state index contributed by atoms with van der Waals surface area (Å²) in [6.07, 6.45) is 0. The van der Waals surface area contributed by atoms with Gasteiger partial charge >= 0.3 is 0 Å². The Kier molecular flexibility index (Phi) is 8.96. The van der Waals surface area contributed by atoms with Crippen LogP contribution in [0, 0.1) is 0 Å².